The molecule has 1 heterocycles. The minimum absolute atomic E-state index is 0. The van der Waals surface area contributed by atoms with Crippen molar-refractivity contribution in [3.8, 4) is 0 Å². The fourth-order valence-corrected chi connectivity index (χ4v) is 3.27. The summed E-state index contributed by atoms with van der Waals surface area (Å²) in [5.74, 6) is 1.58. The maximum atomic E-state index is 12.1. The zero-order valence-electron chi connectivity index (χ0n) is 17.0. The minimum Gasteiger partial charge on any atom is -0.356 e. The van der Waals surface area contributed by atoms with Crippen LogP contribution in [0.2, 0.25) is 0 Å². The molecule has 1 aliphatic heterocycles. The van der Waals surface area contributed by atoms with Gasteiger partial charge in [-0.25, -0.2) is 0 Å². The minimum atomic E-state index is 0. The molecule has 1 fully saturated rings. The highest BCUT2D eigenvalue weighted by Gasteiger charge is 2.20. The Labute approximate surface area is 180 Å². The summed E-state index contributed by atoms with van der Waals surface area (Å²) in [6.45, 7) is 7.48. The number of guanidine groups is 1. The van der Waals surface area contributed by atoms with E-state index in [4.69, 9.17) is 0 Å². The van der Waals surface area contributed by atoms with Crippen molar-refractivity contribution in [1.82, 2.24) is 20.4 Å². The van der Waals surface area contributed by atoms with Gasteiger partial charge in [-0.2, -0.15) is 0 Å². The first kappa shape index (κ1) is 23.7. The topological polar surface area (TPSA) is 60.0 Å². The molecule has 2 N–H and O–H groups in total. The molecule has 1 amide bonds. The van der Waals surface area contributed by atoms with Gasteiger partial charge in [0.25, 0.3) is 5.91 Å². The summed E-state index contributed by atoms with van der Waals surface area (Å²) in [6.07, 6.45) is 2.10. The van der Waals surface area contributed by atoms with Crippen LogP contribution in [-0.4, -0.2) is 75.5 Å². The molecule has 1 saturated heterocycles. The molecule has 27 heavy (non-hydrogen) atoms. The number of nitrogens with zero attached hydrogens (tertiary/aromatic N) is 3. The summed E-state index contributed by atoms with van der Waals surface area (Å²) < 4.78 is 0. The number of carbonyl (C=O) groups excluding carboxylic acids is 1. The number of benzene rings is 1. The van der Waals surface area contributed by atoms with Gasteiger partial charge in [0, 0.05) is 46.3 Å². The molecule has 0 saturated carbocycles. The molecule has 0 spiro atoms. The van der Waals surface area contributed by atoms with Crippen LogP contribution in [0.1, 0.15) is 29.3 Å². The van der Waals surface area contributed by atoms with Crippen LogP contribution < -0.4 is 10.6 Å². The molecule has 0 radical (unpaired) electrons. The number of aliphatic imine (C=N–C) groups is 1. The van der Waals surface area contributed by atoms with Crippen LogP contribution >= 0.6 is 24.0 Å². The fraction of sp³-hybridized carbons (Fsp3) is 0.600. The number of rotatable bonds is 7. The third-order valence-electron chi connectivity index (χ3n) is 4.89. The molecule has 1 aliphatic rings. The predicted octanol–water partition coefficient (Wildman–Crippen LogP) is 2.06. The highest BCUT2D eigenvalue weighted by Crippen LogP contribution is 2.14. The lowest BCUT2D eigenvalue weighted by Gasteiger charge is -2.16. The quantitative estimate of drug-likeness (QED) is 0.351. The summed E-state index contributed by atoms with van der Waals surface area (Å²) in [6, 6.07) is 7.83. The number of hydrogen-bond acceptors (Lipinski definition) is 3. The Kier molecular flexibility index (Phi) is 10.7. The molecule has 1 unspecified atom stereocenters. The average Bonchev–Trinajstić information content (AvgIpc) is 3.12. The zero-order valence-corrected chi connectivity index (χ0v) is 19.3. The number of nitrogens with one attached hydrogen (secondary N) is 2. The largest absolute Gasteiger partial charge is 0.356 e. The Morgan fingerprint density at radius 3 is 2.74 bits per heavy atom. The smallest absolute Gasteiger partial charge is 0.253 e. The Morgan fingerprint density at radius 2 is 2.11 bits per heavy atom. The lowest BCUT2D eigenvalue weighted by Crippen LogP contribution is -2.41. The van der Waals surface area contributed by atoms with Gasteiger partial charge in [-0.1, -0.05) is 19.1 Å². The standard InChI is InChI=1S/C20H33N5O.HI/c1-5-25-12-10-17(15-25)14-23-20(21-2)22-11-9-16-7-6-8-18(13-16)19(26)24(3)4;/h6-8,13,17H,5,9-12,14-15H2,1-4H3,(H2,21,22,23);1H. The van der Waals surface area contributed by atoms with Crippen LogP contribution in [0.3, 0.4) is 0 Å². The van der Waals surface area contributed by atoms with E-state index in [0.29, 0.717) is 5.92 Å². The average molecular weight is 487 g/mol. The van der Waals surface area contributed by atoms with E-state index in [0.717, 1.165) is 43.1 Å². The molecular formula is C20H34IN5O. The Morgan fingerprint density at radius 1 is 1.33 bits per heavy atom. The van der Waals surface area contributed by atoms with Crippen LogP contribution in [0.5, 0.6) is 0 Å². The van der Waals surface area contributed by atoms with Gasteiger partial charge in [-0.3, -0.25) is 9.79 Å². The number of carbonyl (C=O) groups is 1. The van der Waals surface area contributed by atoms with Crippen molar-refractivity contribution in [3.05, 3.63) is 35.4 Å². The van der Waals surface area contributed by atoms with Crippen molar-refractivity contribution in [2.75, 3.05) is 53.9 Å². The van der Waals surface area contributed by atoms with Gasteiger partial charge in [-0.05, 0) is 49.5 Å². The number of hydrogen-bond donors (Lipinski definition) is 2. The predicted molar refractivity (Wildman–Crippen MR) is 123 cm³/mol. The van der Waals surface area contributed by atoms with E-state index in [9.17, 15) is 4.79 Å². The van der Waals surface area contributed by atoms with Crippen LogP contribution in [0.4, 0.5) is 0 Å². The van der Waals surface area contributed by atoms with Crippen molar-refractivity contribution in [2.24, 2.45) is 10.9 Å². The Hall–Kier alpha value is -1.35. The molecular weight excluding hydrogens is 453 g/mol. The van der Waals surface area contributed by atoms with E-state index in [-0.39, 0.29) is 29.9 Å². The van der Waals surface area contributed by atoms with Crippen molar-refractivity contribution in [1.29, 1.82) is 0 Å². The maximum Gasteiger partial charge on any atom is 0.253 e. The van der Waals surface area contributed by atoms with Gasteiger partial charge in [0.05, 0.1) is 0 Å². The monoisotopic (exact) mass is 487 g/mol. The molecule has 0 aliphatic carbocycles. The number of amides is 1. The second-order valence-electron chi connectivity index (χ2n) is 7.08. The molecule has 1 aromatic carbocycles. The summed E-state index contributed by atoms with van der Waals surface area (Å²) in [5, 5.41) is 6.81. The third-order valence-corrected chi connectivity index (χ3v) is 4.89. The molecule has 2 rings (SSSR count). The van der Waals surface area contributed by atoms with Crippen molar-refractivity contribution >= 4 is 35.8 Å². The van der Waals surface area contributed by atoms with Gasteiger partial charge in [0.15, 0.2) is 5.96 Å². The zero-order chi connectivity index (χ0) is 18.9. The highest BCUT2D eigenvalue weighted by molar-refractivity contribution is 14.0. The van der Waals surface area contributed by atoms with Gasteiger partial charge in [0.1, 0.15) is 0 Å². The molecule has 1 aromatic rings. The summed E-state index contributed by atoms with van der Waals surface area (Å²) in [4.78, 5) is 20.5. The fourth-order valence-electron chi connectivity index (χ4n) is 3.27. The van der Waals surface area contributed by atoms with Crippen molar-refractivity contribution in [2.45, 2.75) is 19.8 Å². The first-order valence-electron chi connectivity index (χ1n) is 9.51. The maximum absolute atomic E-state index is 12.1. The lowest BCUT2D eigenvalue weighted by molar-refractivity contribution is 0.0827. The summed E-state index contributed by atoms with van der Waals surface area (Å²) in [7, 11) is 5.35. The van der Waals surface area contributed by atoms with E-state index in [1.807, 2.05) is 18.2 Å². The molecule has 0 bridgehead atoms. The second-order valence-corrected chi connectivity index (χ2v) is 7.08. The van der Waals surface area contributed by atoms with Gasteiger partial charge in [0.2, 0.25) is 0 Å². The van der Waals surface area contributed by atoms with Crippen molar-refractivity contribution in [3.63, 3.8) is 0 Å². The van der Waals surface area contributed by atoms with Gasteiger partial charge >= 0.3 is 0 Å². The molecule has 1 atom stereocenters. The van der Waals surface area contributed by atoms with E-state index in [2.05, 4.69) is 33.5 Å². The first-order chi connectivity index (χ1) is 12.5. The lowest BCUT2D eigenvalue weighted by atomic mass is 10.1. The van der Waals surface area contributed by atoms with E-state index in [1.54, 1.807) is 26.0 Å². The van der Waals surface area contributed by atoms with Crippen LogP contribution in [0, 0.1) is 5.92 Å². The number of likely N-dealkylation sites (tertiary alicyclic amines) is 1. The third kappa shape index (κ3) is 7.65. The molecule has 7 heteroatoms. The summed E-state index contributed by atoms with van der Waals surface area (Å²) >= 11 is 0. The highest BCUT2D eigenvalue weighted by atomic mass is 127. The molecule has 6 nitrogen and oxygen atoms in total. The van der Waals surface area contributed by atoms with Crippen LogP contribution in [0.25, 0.3) is 0 Å². The van der Waals surface area contributed by atoms with Gasteiger partial charge < -0.3 is 20.4 Å². The van der Waals surface area contributed by atoms with Crippen LogP contribution in [0.15, 0.2) is 29.3 Å². The van der Waals surface area contributed by atoms with Gasteiger partial charge in [-0.15, -0.1) is 24.0 Å². The van der Waals surface area contributed by atoms with Crippen molar-refractivity contribution < 1.29 is 4.79 Å². The normalized spacial score (nSPS) is 17.3. The van der Waals surface area contributed by atoms with Crippen LogP contribution in [-0.2, 0) is 6.42 Å². The second kappa shape index (κ2) is 12.2. The number of halogens is 1. The molecule has 152 valence electrons. The molecule has 0 aromatic heterocycles. The van der Waals surface area contributed by atoms with E-state index >= 15 is 0 Å². The Bertz CT molecular complexity index is 620. The SMILES string of the molecule is CCN1CCC(CNC(=NC)NCCc2cccc(C(=O)N(C)C)c2)C1.I. The van der Waals surface area contributed by atoms with E-state index < -0.39 is 0 Å². The van der Waals surface area contributed by atoms with E-state index in [1.165, 1.54) is 19.5 Å². The Balaban J connectivity index is 0.00000364. The first-order valence-corrected chi connectivity index (χ1v) is 9.51. The summed E-state index contributed by atoms with van der Waals surface area (Å²) in [5.41, 5.74) is 1.88.